The van der Waals surface area contributed by atoms with E-state index < -0.39 is 0 Å². The summed E-state index contributed by atoms with van der Waals surface area (Å²) in [4.78, 5) is 28.6. The van der Waals surface area contributed by atoms with Gasteiger partial charge in [-0.3, -0.25) is 9.59 Å². The summed E-state index contributed by atoms with van der Waals surface area (Å²) < 4.78 is 0. The number of amides is 2. The molecule has 4 nitrogen and oxygen atoms in total. The molecule has 3 rings (SSSR count). The molecular weight excluding hydrogens is 296 g/mol. The van der Waals surface area contributed by atoms with Crippen LogP contribution in [0.1, 0.15) is 42.5 Å². The summed E-state index contributed by atoms with van der Waals surface area (Å²) in [7, 11) is 0. The summed E-state index contributed by atoms with van der Waals surface area (Å²) in [5.41, 5.74) is 0.723. The van der Waals surface area contributed by atoms with Gasteiger partial charge in [-0.05, 0) is 37.1 Å². The van der Waals surface area contributed by atoms with Crippen molar-refractivity contribution in [2.45, 2.75) is 37.6 Å². The number of hydrogen-bond acceptors (Lipinski definition) is 3. The zero-order chi connectivity index (χ0) is 15.6. The lowest BCUT2D eigenvalue weighted by Crippen LogP contribution is -2.46. The van der Waals surface area contributed by atoms with Crippen molar-refractivity contribution < 1.29 is 9.59 Å². The van der Waals surface area contributed by atoms with Crippen molar-refractivity contribution in [3.8, 4) is 0 Å². The molecule has 1 aromatic heterocycles. The van der Waals surface area contributed by atoms with Crippen LogP contribution in [0.5, 0.6) is 0 Å². The van der Waals surface area contributed by atoms with E-state index in [9.17, 15) is 9.59 Å². The molecule has 1 spiro atoms. The third kappa shape index (κ3) is 2.70. The lowest BCUT2D eigenvalue weighted by Gasteiger charge is -2.37. The van der Waals surface area contributed by atoms with Crippen LogP contribution in [-0.4, -0.2) is 46.8 Å². The summed E-state index contributed by atoms with van der Waals surface area (Å²) in [6.45, 7) is 5.92. The highest BCUT2D eigenvalue weighted by molar-refractivity contribution is 7.08. The number of rotatable bonds is 3. The van der Waals surface area contributed by atoms with Crippen LogP contribution in [0.4, 0.5) is 0 Å². The van der Waals surface area contributed by atoms with Gasteiger partial charge in [0.1, 0.15) is 0 Å². The highest BCUT2D eigenvalue weighted by atomic mass is 32.1. The van der Waals surface area contributed by atoms with Crippen molar-refractivity contribution in [2.24, 2.45) is 0 Å². The highest BCUT2D eigenvalue weighted by Crippen LogP contribution is 2.39. The van der Waals surface area contributed by atoms with E-state index in [1.807, 2.05) is 32.7 Å². The zero-order valence-corrected chi connectivity index (χ0v) is 13.6. The lowest BCUT2D eigenvalue weighted by molar-refractivity contribution is -0.130. The molecule has 0 aliphatic carbocycles. The second kappa shape index (κ2) is 6.24. The van der Waals surface area contributed by atoms with Crippen molar-refractivity contribution in [3.63, 3.8) is 0 Å². The molecular formula is C17H22N2O2S. The molecule has 0 aromatic carbocycles. The zero-order valence-electron chi connectivity index (χ0n) is 12.8. The Hall–Kier alpha value is -1.62. The van der Waals surface area contributed by atoms with Gasteiger partial charge >= 0.3 is 0 Å². The smallest absolute Gasteiger partial charge is 0.254 e. The molecule has 0 radical (unpaired) electrons. The third-order valence-electron chi connectivity index (χ3n) is 4.96. The summed E-state index contributed by atoms with van der Waals surface area (Å²) in [6.07, 6.45) is 6.18. The Kier molecular flexibility index (Phi) is 4.34. The minimum absolute atomic E-state index is 0.0606. The summed E-state index contributed by atoms with van der Waals surface area (Å²) in [6, 6.07) is 1.89. The van der Waals surface area contributed by atoms with E-state index in [1.54, 1.807) is 11.3 Å². The molecule has 2 fully saturated rings. The van der Waals surface area contributed by atoms with E-state index in [4.69, 9.17) is 0 Å². The molecule has 22 heavy (non-hydrogen) atoms. The fourth-order valence-electron chi connectivity index (χ4n) is 3.77. The number of hydrogen-bond donors (Lipinski definition) is 0. The van der Waals surface area contributed by atoms with Gasteiger partial charge < -0.3 is 9.80 Å². The van der Waals surface area contributed by atoms with Gasteiger partial charge in [0.25, 0.3) is 5.91 Å². The molecule has 118 valence electrons. The molecule has 2 saturated heterocycles. The molecule has 1 atom stereocenters. The van der Waals surface area contributed by atoms with Crippen molar-refractivity contribution in [1.29, 1.82) is 0 Å². The Morgan fingerprint density at radius 3 is 2.95 bits per heavy atom. The van der Waals surface area contributed by atoms with Gasteiger partial charge in [0.05, 0.1) is 5.56 Å². The summed E-state index contributed by atoms with van der Waals surface area (Å²) >= 11 is 1.55. The number of carbonyl (C=O) groups is 2. The molecule has 0 saturated carbocycles. The number of nitrogens with zero attached hydrogens (tertiary/aromatic N) is 2. The van der Waals surface area contributed by atoms with Crippen molar-refractivity contribution in [3.05, 3.63) is 35.0 Å². The van der Waals surface area contributed by atoms with E-state index >= 15 is 0 Å². The molecule has 0 unspecified atom stereocenters. The van der Waals surface area contributed by atoms with Crippen molar-refractivity contribution >= 4 is 23.2 Å². The average Bonchev–Trinajstić information content (AvgIpc) is 3.08. The first-order valence-corrected chi connectivity index (χ1v) is 8.83. The Labute approximate surface area is 135 Å². The van der Waals surface area contributed by atoms with Crippen LogP contribution in [0.2, 0.25) is 0 Å². The minimum Gasteiger partial charge on any atom is -0.339 e. The molecule has 1 aromatic rings. The Balaban J connectivity index is 1.73. The monoisotopic (exact) mass is 318 g/mol. The SMILES string of the molecule is C=CCN1C(=O)CC[C@]12CCCN(C(=O)c1ccsc1)CC2. The van der Waals surface area contributed by atoms with Gasteiger partial charge in [0.2, 0.25) is 5.91 Å². The second-order valence-corrected chi connectivity index (χ2v) is 6.96. The third-order valence-corrected chi connectivity index (χ3v) is 5.65. The van der Waals surface area contributed by atoms with Gasteiger partial charge in [-0.2, -0.15) is 11.3 Å². The van der Waals surface area contributed by atoms with Gasteiger partial charge in [-0.25, -0.2) is 0 Å². The fraction of sp³-hybridized carbons (Fsp3) is 0.529. The standard InChI is InChI=1S/C17H22N2O2S/c1-2-9-19-15(20)4-7-17(19)6-3-10-18(11-8-17)16(21)14-5-12-22-13-14/h2,5,12-13H,1,3-4,6-11H2/t17-/m0/s1. The Morgan fingerprint density at radius 1 is 1.36 bits per heavy atom. The van der Waals surface area contributed by atoms with Crippen LogP contribution in [-0.2, 0) is 4.79 Å². The highest BCUT2D eigenvalue weighted by Gasteiger charge is 2.45. The molecule has 2 aliphatic heterocycles. The second-order valence-electron chi connectivity index (χ2n) is 6.18. The molecule has 3 heterocycles. The fourth-order valence-corrected chi connectivity index (χ4v) is 4.40. The van der Waals surface area contributed by atoms with E-state index in [0.29, 0.717) is 13.0 Å². The molecule has 5 heteroatoms. The number of thiophene rings is 1. The molecule has 2 aliphatic rings. The van der Waals surface area contributed by atoms with Crippen LogP contribution in [0.3, 0.4) is 0 Å². The maximum Gasteiger partial charge on any atom is 0.254 e. The summed E-state index contributed by atoms with van der Waals surface area (Å²) in [5.74, 6) is 0.357. The molecule has 0 bridgehead atoms. The van der Waals surface area contributed by atoms with Crippen molar-refractivity contribution in [1.82, 2.24) is 9.80 Å². The van der Waals surface area contributed by atoms with Gasteiger partial charge in [0.15, 0.2) is 0 Å². The largest absolute Gasteiger partial charge is 0.339 e. The van der Waals surface area contributed by atoms with Crippen LogP contribution in [0.25, 0.3) is 0 Å². The maximum atomic E-state index is 12.5. The van der Waals surface area contributed by atoms with E-state index in [2.05, 4.69) is 6.58 Å². The topological polar surface area (TPSA) is 40.6 Å². The average molecular weight is 318 g/mol. The summed E-state index contributed by atoms with van der Waals surface area (Å²) in [5, 5.41) is 3.85. The van der Waals surface area contributed by atoms with Gasteiger partial charge in [-0.15, -0.1) is 6.58 Å². The maximum absolute atomic E-state index is 12.5. The van der Waals surface area contributed by atoms with Crippen LogP contribution < -0.4 is 0 Å². The van der Waals surface area contributed by atoms with Crippen molar-refractivity contribution in [2.75, 3.05) is 19.6 Å². The van der Waals surface area contributed by atoms with Gasteiger partial charge in [0, 0.05) is 37.0 Å². The number of likely N-dealkylation sites (tertiary alicyclic amines) is 2. The molecule has 2 amide bonds. The number of carbonyl (C=O) groups excluding carboxylic acids is 2. The normalized spacial score (nSPS) is 25.5. The van der Waals surface area contributed by atoms with Crippen LogP contribution in [0, 0.1) is 0 Å². The Bertz CT molecular complexity index is 569. The molecule has 0 N–H and O–H groups in total. The lowest BCUT2D eigenvalue weighted by atomic mass is 9.87. The predicted octanol–water partition coefficient (Wildman–Crippen LogP) is 2.92. The first kappa shape index (κ1) is 15.3. The van der Waals surface area contributed by atoms with Crippen LogP contribution >= 0.6 is 11.3 Å². The first-order chi connectivity index (χ1) is 10.7. The first-order valence-electron chi connectivity index (χ1n) is 7.89. The van der Waals surface area contributed by atoms with Gasteiger partial charge in [-0.1, -0.05) is 6.08 Å². The predicted molar refractivity (Wildman–Crippen MR) is 87.9 cm³/mol. The van der Waals surface area contributed by atoms with E-state index in [0.717, 1.165) is 44.3 Å². The minimum atomic E-state index is -0.0606. The van der Waals surface area contributed by atoms with Crippen LogP contribution in [0.15, 0.2) is 29.5 Å². The Morgan fingerprint density at radius 2 is 2.23 bits per heavy atom. The van der Waals surface area contributed by atoms with E-state index in [-0.39, 0.29) is 17.4 Å². The van der Waals surface area contributed by atoms with E-state index in [1.165, 1.54) is 0 Å². The quantitative estimate of drug-likeness (QED) is 0.804.